The van der Waals surface area contributed by atoms with Gasteiger partial charge < -0.3 is 4.90 Å². The smallest absolute Gasteiger partial charge is 0.302 e. The molecule has 0 N–H and O–H groups in total. The van der Waals surface area contributed by atoms with Crippen molar-refractivity contribution in [3.63, 3.8) is 0 Å². The van der Waals surface area contributed by atoms with Crippen LogP contribution in [-0.4, -0.2) is 36.5 Å². The Morgan fingerprint density at radius 3 is 2.81 bits per heavy atom. The summed E-state index contributed by atoms with van der Waals surface area (Å²) in [6, 6.07) is 0. The van der Waals surface area contributed by atoms with Crippen molar-refractivity contribution in [1.82, 2.24) is 9.88 Å². The van der Waals surface area contributed by atoms with Gasteiger partial charge in [-0.3, -0.25) is 4.79 Å². The summed E-state index contributed by atoms with van der Waals surface area (Å²) in [6.45, 7) is 0.714. The molecule has 116 valence electrons. The molecule has 8 heteroatoms. The first-order valence-electron chi connectivity index (χ1n) is 7.08. The van der Waals surface area contributed by atoms with Gasteiger partial charge in [0.25, 0.3) is 0 Å². The highest BCUT2D eigenvalue weighted by atomic mass is 32.3. The van der Waals surface area contributed by atoms with Crippen molar-refractivity contribution in [2.75, 3.05) is 12.3 Å². The van der Waals surface area contributed by atoms with Crippen molar-refractivity contribution in [2.24, 2.45) is 5.92 Å². The van der Waals surface area contributed by atoms with Gasteiger partial charge in [-0.15, -0.1) is 15.2 Å². The Kier molecular flexibility index (Phi) is 4.00. The van der Waals surface area contributed by atoms with Crippen LogP contribution in [0.4, 0.5) is 3.89 Å². The fraction of sp³-hybridized carbons (Fsp3) is 0.692. The predicted octanol–water partition coefficient (Wildman–Crippen LogP) is 1.67. The number of carbonyl (C=O) groups is 1. The fourth-order valence-corrected chi connectivity index (χ4v) is 5.00. The lowest BCUT2D eigenvalue weighted by atomic mass is 10.0. The Morgan fingerprint density at radius 1 is 1.33 bits per heavy atom. The molecule has 1 amide bonds. The molecule has 1 aromatic heterocycles. The summed E-state index contributed by atoms with van der Waals surface area (Å²) in [5, 5.41) is 0.902. The Balaban J connectivity index is 1.65. The molecular formula is C13H17FN2O3S2. The summed E-state index contributed by atoms with van der Waals surface area (Å²) in [6.07, 6.45) is 4.52. The van der Waals surface area contributed by atoms with Gasteiger partial charge >= 0.3 is 10.2 Å². The highest BCUT2D eigenvalue weighted by molar-refractivity contribution is 7.86. The lowest BCUT2D eigenvalue weighted by Gasteiger charge is -2.14. The minimum atomic E-state index is -4.52. The molecule has 1 aliphatic carbocycles. The molecule has 2 heterocycles. The van der Waals surface area contributed by atoms with Crippen molar-refractivity contribution in [1.29, 1.82) is 0 Å². The van der Waals surface area contributed by atoms with E-state index in [4.69, 9.17) is 0 Å². The SMILES string of the molecule is O=C1CC(CS(=O)(=O)F)CN1Cc1nc2c(s1)CCCC2. The van der Waals surface area contributed by atoms with E-state index in [1.165, 1.54) is 11.3 Å². The molecule has 21 heavy (non-hydrogen) atoms. The molecule has 0 aromatic carbocycles. The van der Waals surface area contributed by atoms with Gasteiger partial charge in [0, 0.05) is 23.8 Å². The number of fused-ring (bicyclic) bond motifs is 1. The first-order valence-corrected chi connectivity index (χ1v) is 9.45. The molecule has 0 radical (unpaired) electrons. The summed E-state index contributed by atoms with van der Waals surface area (Å²) in [4.78, 5) is 19.4. The molecule has 1 saturated heterocycles. The topological polar surface area (TPSA) is 67.3 Å². The predicted molar refractivity (Wildman–Crippen MR) is 77.2 cm³/mol. The van der Waals surface area contributed by atoms with Crippen molar-refractivity contribution in [3.05, 3.63) is 15.6 Å². The van der Waals surface area contributed by atoms with Crippen LogP contribution in [-0.2, 0) is 34.4 Å². The largest absolute Gasteiger partial charge is 0.336 e. The minimum Gasteiger partial charge on any atom is -0.336 e. The van der Waals surface area contributed by atoms with E-state index in [2.05, 4.69) is 4.98 Å². The molecule has 1 unspecified atom stereocenters. The number of aromatic nitrogens is 1. The van der Waals surface area contributed by atoms with Gasteiger partial charge in [-0.1, -0.05) is 0 Å². The summed E-state index contributed by atoms with van der Waals surface area (Å²) in [5.41, 5.74) is 1.15. The highest BCUT2D eigenvalue weighted by Gasteiger charge is 2.33. The van der Waals surface area contributed by atoms with E-state index in [1.807, 2.05) is 0 Å². The van der Waals surface area contributed by atoms with Crippen LogP contribution < -0.4 is 0 Å². The zero-order valence-electron chi connectivity index (χ0n) is 11.5. The Morgan fingerprint density at radius 2 is 2.10 bits per heavy atom. The lowest BCUT2D eigenvalue weighted by molar-refractivity contribution is -0.128. The van der Waals surface area contributed by atoms with Gasteiger partial charge in [0.1, 0.15) is 5.01 Å². The Bertz CT molecular complexity index is 633. The average Bonchev–Trinajstić information content (AvgIpc) is 2.91. The number of rotatable bonds is 4. The molecule has 1 atom stereocenters. The van der Waals surface area contributed by atoms with Crippen molar-refractivity contribution in [2.45, 2.75) is 38.6 Å². The second kappa shape index (κ2) is 5.64. The second-order valence-electron chi connectivity index (χ2n) is 5.73. The molecule has 0 bridgehead atoms. The molecule has 5 nitrogen and oxygen atoms in total. The number of likely N-dealkylation sites (tertiary alicyclic amines) is 1. The van der Waals surface area contributed by atoms with Gasteiger partial charge in [0.15, 0.2) is 0 Å². The Hall–Kier alpha value is -1.02. The Labute approximate surface area is 127 Å². The number of halogens is 1. The van der Waals surface area contributed by atoms with Crippen LogP contribution in [0.5, 0.6) is 0 Å². The lowest BCUT2D eigenvalue weighted by Crippen LogP contribution is -2.25. The quantitative estimate of drug-likeness (QED) is 0.787. The second-order valence-corrected chi connectivity index (χ2v) is 8.31. The molecular weight excluding hydrogens is 315 g/mol. The zero-order chi connectivity index (χ0) is 15.0. The monoisotopic (exact) mass is 332 g/mol. The number of nitrogens with zero attached hydrogens (tertiary/aromatic N) is 2. The molecule has 0 saturated carbocycles. The van der Waals surface area contributed by atoms with Crippen molar-refractivity contribution in [3.8, 4) is 0 Å². The normalized spacial score (nSPS) is 22.6. The van der Waals surface area contributed by atoms with Gasteiger partial charge in [0.05, 0.1) is 18.0 Å². The standard InChI is InChI=1S/C13H17FN2O3S2/c14-21(18,19)8-9-5-13(17)16(6-9)7-12-15-10-3-1-2-4-11(10)20-12/h9H,1-8H2. The van der Waals surface area contributed by atoms with E-state index >= 15 is 0 Å². The third kappa shape index (κ3) is 3.60. The molecule has 1 aliphatic heterocycles. The number of hydrogen-bond acceptors (Lipinski definition) is 5. The first kappa shape index (κ1) is 14.9. The molecule has 1 aromatic rings. The fourth-order valence-electron chi connectivity index (χ4n) is 3.04. The number of aryl methyl sites for hydroxylation is 2. The summed E-state index contributed by atoms with van der Waals surface area (Å²) < 4.78 is 34.1. The third-order valence-electron chi connectivity index (χ3n) is 3.95. The molecule has 2 aliphatic rings. The number of amides is 1. The summed E-state index contributed by atoms with van der Waals surface area (Å²) >= 11 is 1.64. The van der Waals surface area contributed by atoms with Crippen molar-refractivity contribution >= 4 is 27.5 Å². The summed E-state index contributed by atoms with van der Waals surface area (Å²) in [5.74, 6) is -1.12. The maximum Gasteiger partial charge on any atom is 0.302 e. The van der Waals surface area contributed by atoms with Crippen LogP contribution in [0.2, 0.25) is 0 Å². The van der Waals surface area contributed by atoms with Gasteiger partial charge in [0.2, 0.25) is 5.91 Å². The maximum absolute atomic E-state index is 12.7. The van der Waals surface area contributed by atoms with E-state index in [0.717, 1.165) is 30.0 Å². The van der Waals surface area contributed by atoms with E-state index < -0.39 is 21.9 Å². The van der Waals surface area contributed by atoms with Crippen LogP contribution in [0.25, 0.3) is 0 Å². The number of hydrogen-bond donors (Lipinski definition) is 0. The minimum absolute atomic E-state index is 0.105. The molecule has 1 fully saturated rings. The van der Waals surface area contributed by atoms with Crippen molar-refractivity contribution < 1.29 is 17.1 Å². The van der Waals surface area contributed by atoms with E-state index in [1.54, 1.807) is 16.2 Å². The van der Waals surface area contributed by atoms with E-state index in [0.29, 0.717) is 13.1 Å². The van der Waals surface area contributed by atoms with E-state index in [9.17, 15) is 17.1 Å². The van der Waals surface area contributed by atoms with E-state index in [-0.39, 0.29) is 12.3 Å². The number of carbonyl (C=O) groups excluding carboxylic acids is 1. The molecule has 0 spiro atoms. The van der Waals surface area contributed by atoms with Gasteiger partial charge in [-0.25, -0.2) is 4.98 Å². The van der Waals surface area contributed by atoms with Crippen LogP contribution >= 0.6 is 11.3 Å². The highest BCUT2D eigenvalue weighted by Crippen LogP contribution is 2.29. The first-order chi connectivity index (χ1) is 9.90. The zero-order valence-corrected chi connectivity index (χ0v) is 13.2. The van der Waals surface area contributed by atoms with Crippen LogP contribution in [0.1, 0.15) is 34.8 Å². The van der Waals surface area contributed by atoms with Gasteiger partial charge in [-0.05, 0) is 25.7 Å². The third-order valence-corrected chi connectivity index (χ3v) is 5.96. The van der Waals surface area contributed by atoms with Crippen LogP contribution in [0, 0.1) is 5.92 Å². The van der Waals surface area contributed by atoms with Crippen LogP contribution in [0.15, 0.2) is 0 Å². The summed E-state index contributed by atoms with van der Waals surface area (Å²) in [7, 11) is -4.52. The molecule has 3 rings (SSSR count). The maximum atomic E-state index is 12.7. The average molecular weight is 332 g/mol. The number of thiazole rings is 1. The van der Waals surface area contributed by atoms with Crippen LogP contribution in [0.3, 0.4) is 0 Å². The van der Waals surface area contributed by atoms with Gasteiger partial charge in [-0.2, -0.15) is 8.42 Å².